The second kappa shape index (κ2) is 6.75. The average molecular weight is 313 g/mol. The third-order valence-electron chi connectivity index (χ3n) is 4.35. The van der Waals surface area contributed by atoms with Crippen molar-refractivity contribution in [3.8, 4) is 5.75 Å². The molecule has 4 heteroatoms. The number of imidazole rings is 1. The molecule has 0 bridgehead atoms. The molecule has 1 aromatic heterocycles. The predicted molar refractivity (Wildman–Crippen MR) is 92.8 cm³/mol. The molecule has 23 heavy (non-hydrogen) atoms. The summed E-state index contributed by atoms with van der Waals surface area (Å²) < 4.78 is 7.98. The number of ether oxygens (including phenoxy) is 1. The smallest absolute Gasteiger partial charge is 0.120 e. The van der Waals surface area contributed by atoms with Gasteiger partial charge in [-0.2, -0.15) is 0 Å². The highest BCUT2D eigenvalue weighted by Crippen LogP contribution is 2.28. The largest absolute Gasteiger partial charge is 0.491 e. The highest BCUT2D eigenvalue weighted by Gasteiger charge is 2.26. The summed E-state index contributed by atoms with van der Waals surface area (Å²) in [5, 5.41) is 0. The van der Waals surface area contributed by atoms with Crippen molar-refractivity contribution >= 4 is 0 Å². The summed E-state index contributed by atoms with van der Waals surface area (Å²) >= 11 is 0. The van der Waals surface area contributed by atoms with Gasteiger partial charge in [-0.05, 0) is 51.4 Å². The number of rotatable bonds is 5. The van der Waals surface area contributed by atoms with Gasteiger partial charge in [-0.15, -0.1) is 0 Å². The molecule has 0 spiro atoms. The lowest BCUT2D eigenvalue weighted by Gasteiger charge is -2.17. The zero-order chi connectivity index (χ0) is 16.4. The van der Waals surface area contributed by atoms with Gasteiger partial charge in [0.1, 0.15) is 11.6 Å². The second-order valence-electron chi connectivity index (χ2n) is 6.89. The van der Waals surface area contributed by atoms with Gasteiger partial charge in [-0.25, -0.2) is 4.98 Å². The van der Waals surface area contributed by atoms with E-state index < -0.39 is 0 Å². The maximum absolute atomic E-state index is 5.80. The third kappa shape index (κ3) is 3.94. The van der Waals surface area contributed by atoms with Crippen LogP contribution in [-0.4, -0.2) is 33.6 Å². The Labute approximate surface area is 139 Å². The quantitative estimate of drug-likeness (QED) is 0.846. The second-order valence-corrected chi connectivity index (χ2v) is 6.89. The third-order valence-corrected chi connectivity index (χ3v) is 4.35. The lowest BCUT2D eigenvalue weighted by Crippen LogP contribution is -2.20. The van der Waals surface area contributed by atoms with Crippen LogP contribution in [0.1, 0.15) is 43.3 Å². The van der Waals surface area contributed by atoms with Crippen molar-refractivity contribution in [1.82, 2.24) is 14.5 Å². The van der Waals surface area contributed by atoms with E-state index in [-0.39, 0.29) is 6.10 Å². The van der Waals surface area contributed by atoms with E-state index in [1.54, 1.807) is 0 Å². The normalized spacial score (nSPS) is 18.7. The highest BCUT2D eigenvalue weighted by atomic mass is 16.5. The van der Waals surface area contributed by atoms with Crippen molar-refractivity contribution in [1.29, 1.82) is 0 Å². The molecule has 1 aromatic carbocycles. The summed E-state index contributed by atoms with van der Waals surface area (Å²) in [6.07, 6.45) is 3.52. The Hall–Kier alpha value is -1.81. The van der Waals surface area contributed by atoms with Crippen LogP contribution in [0.3, 0.4) is 0 Å². The summed E-state index contributed by atoms with van der Waals surface area (Å²) in [6.45, 7) is 9.39. The van der Waals surface area contributed by atoms with Crippen molar-refractivity contribution in [3.05, 3.63) is 47.5 Å². The molecule has 0 saturated carbocycles. The van der Waals surface area contributed by atoms with E-state index in [2.05, 4.69) is 61.7 Å². The van der Waals surface area contributed by atoms with E-state index in [1.165, 1.54) is 17.8 Å². The highest BCUT2D eigenvalue weighted by molar-refractivity contribution is 5.28. The van der Waals surface area contributed by atoms with E-state index in [9.17, 15) is 0 Å². The van der Waals surface area contributed by atoms with Gasteiger partial charge in [-0.1, -0.05) is 12.1 Å². The molecule has 1 aliphatic heterocycles. The topological polar surface area (TPSA) is 30.3 Å². The molecule has 0 radical (unpaired) electrons. The van der Waals surface area contributed by atoms with Crippen molar-refractivity contribution in [3.63, 3.8) is 0 Å². The summed E-state index contributed by atoms with van der Waals surface area (Å²) in [5.74, 6) is 2.73. The molecule has 0 aliphatic carbocycles. The van der Waals surface area contributed by atoms with Crippen molar-refractivity contribution in [2.75, 3.05) is 13.1 Å². The van der Waals surface area contributed by atoms with Gasteiger partial charge in [0.05, 0.1) is 11.8 Å². The van der Waals surface area contributed by atoms with Crippen LogP contribution in [0.15, 0.2) is 30.5 Å². The number of hydrogen-bond acceptors (Lipinski definition) is 3. The zero-order valence-corrected chi connectivity index (χ0v) is 14.6. The van der Waals surface area contributed by atoms with Crippen LogP contribution in [0.2, 0.25) is 0 Å². The Morgan fingerprint density at radius 1 is 1.35 bits per heavy atom. The van der Waals surface area contributed by atoms with Crippen LogP contribution in [0.25, 0.3) is 0 Å². The summed E-state index contributed by atoms with van der Waals surface area (Å²) in [7, 11) is 2.10. The average Bonchev–Trinajstić information content (AvgIpc) is 3.05. The van der Waals surface area contributed by atoms with Crippen LogP contribution in [0.5, 0.6) is 5.75 Å². The van der Waals surface area contributed by atoms with E-state index in [1.807, 2.05) is 6.07 Å². The molecule has 4 nitrogen and oxygen atoms in total. The van der Waals surface area contributed by atoms with Crippen molar-refractivity contribution in [2.24, 2.45) is 7.05 Å². The fourth-order valence-electron chi connectivity index (χ4n) is 3.45. The Bertz CT molecular complexity index is 662. The maximum atomic E-state index is 5.80. The molecule has 1 unspecified atom stereocenters. The van der Waals surface area contributed by atoms with Crippen molar-refractivity contribution in [2.45, 2.75) is 45.8 Å². The molecule has 2 heterocycles. The van der Waals surface area contributed by atoms with Crippen LogP contribution in [-0.2, 0) is 13.6 Å². The summed E-state index contributed by atoms with van der Waals surface area (Å²) in [4.78, 5) is 7.21. The molecule has 124 valence electrons. The first kappa shape index (κ1) is 16.1. The van der Waals surface area contributed by atoms with Gasteiger partial charge in [0, 0.05) is 32.3 Å². The number of aryl methyl sites for hydroxylation is 2. The van der Waals surface area contributed by atoms with Gasteiger partial charge in [0.2, 0.25) is 0 Å². The first-order chi connectivity index (χ1) is 11.0. The molecule has 3 rings (SSSR count). The fourth-order valence-corrected chi connectivity index (χ4v) is 3.45. The van der Waals surface area contributed by atoms with Gasteiger partial charge in [-0.3, -0.25) is 4.90 Å². The molecular weight excluding hydrogens is 286 g/mol. The molecule has 1 saturated heterocycles. The van der Waals surface area contributed by atoms with Crippen LogP contribution in [0.4, 0.5) is 0 Å². The number of hydrogen-bond donors (Lipinski definition) is 0. The minimum atomic E-state index is 0.216. The maximum Gasteiger partial charge on any atom is 0.120 e. The standard InChI is InChI=1S/C19H27N3O/c1-14(2)23-18-7-5-6-16(10-18)12-22-9-8-17(13-22)19-20-15(3)11-21(19)4/h5-7,10-11,14,17H,8-9,12-13H2,1-4H3. The molecular formula is C19H27N3O. The van der Waals surface area contributed by atoms with E-state index >= 15 is 0 Å². The van der Waals surface area contributed by atoms with Gasteiger partial charge in [0.15, 0.2) is 0 Å². The van der Waals surface area contributed by atoms with E-state index in [0.29, 0.717) is 5.92 Å². The number of likely N-dealkylation sites (tertiary alicyclic amines) is 1. The number of benzene rings is 1. The minimum absolute atomic E-state index is 0.216. The summed E-state index contributed by atoms with van der Waals surface area (Å²) in [6, 6.07) is 8.47. The molecule has 1 aliphatic rings. The van der Waals surface area contributed by atoms with Gasteiger partial charge >= 0.3 is 0 Å². The Balaban J connectivity index is 1.63. The predicted octanol–water partition coefficient (Wildman–Crippen LogP) is 3.51. The molecule has 0 N–H and O–H groups in total. The zero-order valence-electron chi connectivity index (χ0n) is 14.6. The summed E-state index contributed by atoms with van der Waals surface area (Å²) in [5.41, 5.74) is 2.43. The van der Waals surface area contributed by atoms with Gasteiger partial charge < -0.3 is 9.30 Å². The number of aromatic nitrogens is 2. The van der Waals surface area contributed by atoms with Crippen molar-refractivity contribution < 1.29 is 4.74 Å². The SMILES string of the molecule is Cc1cn(C)c(C2CCN(Cc3cccc(OC(C)C)c3)C2)n1. The first-order valence-electron chi connectivity index (χ1n) is 8.49. The van der Waals surface area contributed by atoms with Crippen LogP contribution in [0, 0.1) is 6.92 Å². The Morgan fingerprint density at radius 2 is 2.17 bits per heavy atom. The molecule has 2 aromatic rings. The van der Waals surface area contributed by atoms with Gasteiger partial charge in [0.25, 0.3) is 0 Å². The lowest BCUT2D eigenvalue weighted by atomic mass is 10.1. The minimum Gasteiger partial charge on any atom is -0.491 e. The molecule has 1 atom stereocenters. The first-order valence-corrected chi connectivity index (χ1v) is 8.49. The Morgan fingerprint density at radius 3 is 2.87 bits per heavy atom. The monoisotopic (exact) mass is 313 g/mol. The molecule has 1 fully saturated rings. The molecule has 0 amide bonds. The van der Waals surface area contributed by atoms with Crippen LogP contribution < -0.4 is 4.74 Å². The fraction of sp³-hybridized carbons (Fsp3) is 0.526. The van der Waals surface area contributed by atoms with E-state index in [0.717, 1.165) is 31.1 Å². The van der Waals surface area contributed by atoms with E-state index in [4.69, 9.17) is 9.72 Å². The van der Waals surface area contributed by atoms with Crippen LogP contribution >= 0.6 is 0 Å². The number of nitrogens with zero attached hydrogens (tertiary/aromatic N) is 3. The lowest BCUT2D eigenvalue weighted by molar-refractivity contribution is 0.241. The Kier molecular flexibility index (Phi) is 4.71.